The molecule has 0 saturated heterocycles. The van der Waals surface area contributed by atoms with Crippen LogP contribution >= 0.6 is 0 Å². The van der Waals surface area contributed by atoms with E-state index in [1.54, 1.807) is 0 Å². The van der Waals surface area contributed by atoms with Crippen LogP contribution in [-0.2, 0) is 11.0 Å². The predicted molar refractivity (Wildman–Crippen MR) is 58.9 cm³/mol. The standard InChI is InChI=1S/C11H12F3N3O/c12-11(13,14)8-2-1-3-9(17-8)15-6-10(18)16-7-4-5-7/h1-3,7H,4-6H2,(H,15,17)(H,16,18). The summed E-state index contributed by atoms with van der Waals surface area (Å²) in [5.41, 5.74) is -0.977. The van der Waals surface area contributed by atoms with Crippen molar-refractivity contribution in [2.75, 3.05) is 11.9 Å². The molecular weight excluding hydrogens is 247 g/mol. The van der Waals surface area contributed by atoms with Gasteiger partial charge in [0, 0.05) is 6.04 Å². The van der Waals surface area contributed by atoms with E-state index >= 15 is 0 Å². The number of alkyl halides is 3. The Hall–Kier alpha value is -1.79. The average molecular weight is 259 g/mol. The summed E-state index contributed by atoms with van der Waals surface area (Å²) < 4.78 is 37.1. The van der Waals surface area contributed by atoms with E-state index in [1.165, 1.54) is 12.1 Å². The number of amides is 1. The highest BCUT2D eigenvalue weighted by Gasteiger charge is 2.32. The summed E-state index contributed by atoms with van der Waals surface area (Å²) in [6.07, 6.45) is -2.55. The van der Waals surface area contributed by atoms with Crippen molar-refractivity contribution in [1.29, 1.82) is 0 Å². The lowest BCUT2D eigenvalue weighted by Crippen LogP contribution is -2.31. The van der Waals surface area contributed by atoms with Crippen molar-refractivity contribution in [2.24, 2.45) is 0 Å². The Balaban J connectivity index is 1.90. The molecule has 0 aromatic carbocycles. The molecule has 1 aliphatic rings. The highest BCUT2D eigenvalue weighted by Crippen LogP contribution is 2.28. The van der Waals surface area contributed by atoms with Crippen molar-refractivity contribution in [2.45, 2.75) is 25.1 Å². The second-order valence-corrected chi connectivity index (χ2v) is 4.10. The first-order valence-electron chi connectivity index (χ1n) is 5.52. The maximum atomic E-state index is 12.4. The molecule has 1 heterocycles. The van der Waals surface area contributed by atoms with E-state index in [4.69, 9.17) is 0 Å². The number of carbonyl (C=O) groups excluding carboxylic acids is 1. The molecule has 1 aliphatic carbocycles. The number of anilines is 1. The second kappa shape index (κ2) is 4.83. The normalized spacial score (nSPS) is 15.3. The van der Waals surface area contributed by atoms with Crippen LogP contribution in [0.5, 0.6) is 0 Å². The Labute approximate surface area is 102 Å². The summed E-state index contributed by atoms with van der Waals surface area (Å²) >= 11 is 0. The quantitative estimate of drug-likeness (QED) is 0.866. The van der Waals surface area contributed by atoms with Gasteiger partial charge < -0.3 is 10.6 Å². The smallest absolute Gasteiger partial charge is 0.361 e. The van der Waals surface area contributed by atoms with E-state index in [9.17, 15) is 18.0 Å². The molecule has 1 aromatic rings. The monoisotopic (exact) mass is 259 g/mol. The molecule has 2 N–H and O–H groups in total. The van der Waals surface area contributed by atoms with Gasteiger partial charge in [-0.15, -0.1) is 0 Å². The van der Waals surface area contributed by atoms with Crippen molar-refractivity contribution < 1.29 is 18.0 Å². The third-order valence-electron chi connectivity index (χ3n) is 2.41. The van der Waals surface area contributed by atoms with Gasteiger partial charge in [0.05, 0.1) is 6.54 Å². The van der Waals surface area contributed by atoms with E-state index in [0.29, 0.717) is 0 Å². The molecule has 1 saturated carbocycles. The second-order valence-electron chi connectivity index (χ2n) is 4.10. The highest BCUT2D eigenvalue weighted by molar-refractivity contribution is 5.80. The molecule has 7 heteroatoms. The van der Waals surface area contributed by atoms with Crippen LogP contribution in [0, 0.1) is 0 Å². The molecule has 0 unspecified atom stereocenters. The van der Waals surface area contributed by atoms with Gasteiger partial charge in [-0.2, -0.15) is 13.2 Å². The van der Waals surface area contributed by atoms with E-state index in [-0.39, 0.29) is 24.3 Å². The maximum Gasteiger partial charge on any atom is 0.433 e. The van der Waals surface area contributed by atoms with Gasteiger partial charge >= 0.3 is 6.18 Å². The Morgan fingerprint density at radius 1 is 1.39 bits per heavy atom. The Morgan fingerprint density at radius 3 is 2.72 bits per heavy atom. The summed E-state index contributed by atoms with van der Waals surface area (Å²) in [6.45, 7) is -0.0786. The van der Waals surface area contributed by atoms with Crippen molar-refractivity contribution in [3.63, 3.8) is 0 Å². The fourth-order valence-electron chi connectivity index (χ4n) is 1.37. The van der Waals surface area contributed by atoms with Gasteiger partial charge in [-0.3, -0.25) is 4.79 Å². The summed E-state index contributed by atoms with van der Waals surface area (Å²) in [4.78, 5) is 14.7. The predicted octanol–water partition coefficient (Wildman–Crippen LogP) is 1.79. The minimum absolute atomic E-state index is 0.0378. The van der Waals surface area contributed by atoms with Gasteiger partial charge in [0.1, 0.15) is 11.5 Å². The fraction of sp³-hybridized carbons (Fsp3) is 0.455. The van der Waals surface area contributed by atoms with Crippen LogP contribution in [0.1, 0.15) is 18.5 Å². The average Bonchev–Trinajstić information content (AvgIpc) is 3.10. The third-order valence-corrected chi connectivity index (χ3v) is 2.41. The molecule has 2 rings (SSSR count). The van der Waals surface area contributed by atoms with Crippen LogP contribution in [0.25, 0.3) is 0 Å². The zero-order valence-electron chi connectivity index (χ0n) is 9.42. The summed E-state index contributed by atoms with van der Waals surface area (Å²) in [5, 5.41) is 5.28. The number of hydrogen-bond acceptors (Lipinski definition) is 3. The molecular formula is C11H12F3N3O. The first-order chi connectivity index (χ1) is 8.45. The lowest BCUT2D eigenvalue weighted by atomic mass is 10.3. The molecule has 0 spiro atoms. The molecule has 18 heavy (non-hydrogen) atoms. The van der Waals surface area contributed by atoms with Crippen LogP contribution < -0.4 is 10.6 Å². The van der Waals surface area contributed by atoms with Gasteiger partial charge in [-0.05, 0) is 25.0 Å². The number of aromatic nitrogens is 1. The largest absolute Gasteiger partial charge is 0.433 e. The minimum Gasteiger partial charge on any atom is -0.361 e. The summed E-state index contributed by atoms with van der Waals surface area (Å²) in [6, 6.07) is 3.75. The molecule has 1 fully saturated rings. The zero-order valence-corrected chi connectivity index (χ0v) is 9.42. The topological polar surface area (TPSA) is 54.0 Å². The minimum atomic E-state index is -4.48. The molecule has 1 aromatic heterocycles. The lowest BCUT2D eigenvalue weighted by molar-refractivity contribution is -0.141. The van der Waals surface area contributed by atoms with Gasteiger partial charge in [0.25, 0.3) is 0 Å². The first-order valence-corrected chi connectivity index (χ1v) is 5.52. The van der Waals surface area contributed by atoms with Gasteiger partial charge in [-0.25, -0.2) is 4.98 Å². The van der Waals surface area contributed by atoms with Crippen LogP contribution in [-0.4, -0.2) is 23.5 Å². The number of halogens is 3. The number of nitrogens with zero attached hydrogens (tertiary/aromatic N) is 1. The van der Waals surface area contributed by atoms with Crippen LogP contribution in [0.15, 0.2) is 18.2 Å². The molecule has 98 valence electrons. The number of pyridine rings is 1. The van der Waals surface area contributed by atoms with Crippen molar-refractivity contribution in [1.82, 2.24) is 10.3 Å². The Kier molecular flexibility index (Phi) is 3.40. The van der Waals surface area contributed by atoms with Crippen LogP contribution in [0.3, 0.4) is 0 Å². The van der Waals surface area contributed by atoms with E-state index < -0.39 is 11.9 Å². The first kappa shape index (κ1) is 12.7. The number of hydrogen-bond donors (Lipinski definition) is 2. The van der Waals surface area contributed by atoms with Crippen LogP contribution in [0.4, 0.5) is 19.0 Å². The van der Waals surface area contributed by atoms with Crippen molar-refractivity contribution >= 4 is 11.7 Å². The fourth-order valence-corrected chi connectivity index (χ4v) is 1.37. The Morgan fingerprint density at radius 2 is 2.11 bits per heavy atom. The van der Waals surface area contributed by atoms with Gasteiger partial charge in [0.15, 0.2) is 0 Å². The molecule has 0 bridgehead atoms. The summed E-state index contributed by atoms with van der Waals surface area (Å²) in [5.74, 6) is -0.201. The SMILES string of the molecule is O=C(CNc1cccc(C(F)(F)F)n1)NC1CC1. The molecule has 0 atom stereocenters. The van der Waals surface area contributed by atoms with E-state index in [0.717, 1.165) is 18.9 Å². The summed E-state index contributed by atoms with van der Waals surface area (Å²) in [7, 11) is 0. The van der Waals surface area contributed by atoms with E-state index in [2.05, 4.69) is 15.6 Å². The van der Waals surface area contributed by atoms with E-state index in [1.807, 2.05) is 0 Å². The van der Waals surface area contributed by atoms with Gasteiger partial charge in [0.2, 0.25) is 5.91 Å². The number of carbonyl (C=O) groups is 1. The molecule has 0 aliphatic heterocycles. The van der Waals surface area contributed by atoms with Crippen molar-refractivity contribution in [3.8, 4) is 0 Å². The number of rotatable bonds is 4. The van der Waals surface area contributed by atoms with Crippen LogP contribution in [0.2, 0.25) is 0 Å². The lowest BCUT2D eigenvalue weighted by Gasteiger charge is -2.09. The third kappa shape index (κ3) is 3.61. The maximum absolute atomic E-state index is 12.4. The molecule has 0 radical (unpaired) electrons. The number of nitrogens with one attached hydrogen (secondary N) is 2. The highest BCUT2D eigenvalue weighted by atomic mass is 19.4. The van der Waals surface area contributed by atoms with Gasteiger partial charge in [-0.1, -0.05) is 6.07 Å². The van der Waals surface area contributed by atoms with Crippen molar-refractivity contribution in [3.05, 3.63) is 23.9 Å². The molecule has 1 amide bonds. The zero-order chi connectivity index (χ0) is 13.2. The molecule has 4 nitrogen and oxygen atoms in total. The Bertz CT molecular complexity index is 443.